The first-order valence-electron chi connectivity index (χ1n) is 4.99. The van der Waals surface area contributed by atoms with Crippen LogP contribution in [0.15, 0.2) is 0 Å². The average Bonchev–Trinajstić information content (AvgIpc) is 2.30. The molecule has 0 radical (unpaired) electrons. The smallest absolute Gasteiger partial charge is 0.0254 e. The number of thiol groups is 1. The van der Waals surface area contributed by atoms with Gasteiger partial charge in [-0.05, 0) is 24.2 Å². The van der Waals surface area contributed by atoms with E-state index in [2.05, 4.69) is 44.8 Å². The summed E-state index contributed by atoms with van der Waals surface area (Å²) >= 11 is 4.51. The number of hydrogen-bond donors (Lipinski definition) is 1. The molecule has 0 aromatic heterocycles. The molecular weight excluding hydrogens is 166 g/mol. The van der Waals surface area contributed by atoms with Gasteiger partial charge in [-0.3, -0.25) is 0 Å². The SMILES string of the molecule is CC(C)C1CCN(S)C1C(C)C. The Kier molecular flexibility index (Phi) is 3.47. The summed E-state index contributed by atoms with van der Waals surface area (Å²) < 4.78 is 2.23. The Morgan fingerprint density at radius 3 is 2.08 bits per heavy atom. The summed E-state index contributed by atoms with van der Waals surface area (Å²) in [4.78, 5) is 0. The van der Waals surface area contributed by atoms with Crippen molar-refractivity contribution in [3.8, 4) is 0 Å². The van der Waals surface area contributed by atoms with Crippen LogP contribution in [0, 0.1) is 17.8 Å². The van der Waals surface area contributed by atoms with Crippen molar-refractivity contribution in [2.75, 3.05) is 6.54 Å². The Balaban J connectivity index is 2.64. The molecule has 0 saturated carbocycles. The maximum atomic E-state index is 4.51. The summed E-state index contributed by atoms with van der Waals surface area (Å²) in [6.07, 6.45) is 1.32. The van der Waals surface area contributed by atoms with Crippen molar-refractivity contribution >= 4 is 12.8 Å². The van der Waals surface area contributed by atoms with Crippen LogP contribution >= 0.6 is 12.8 Å². The topological polar surface area (TPSA) is 3.24 Å². The van der Waals surface area contributed by atoms with Crippen LogP contribution in [0.1, 0.15) is 34.1 Å². The highest BCUT2D eigenvalue weighted by Crippen LogP contribution is 2.35. The second-order valence-electron chi connectivity index (χ2n) is 4.59. The van der Waals surface area contributed by atoms with Crippen LogP contribution < -0.4 is 0 Å². The summed E-state index contributed by atoms with van der Waals surface area (Å²) in [7, 11) is 0. The lowest BCUT2D eigenvalue weighted by atomic mass is 9.84. The van der Waals surface area contributed by atoms with Gasteiger partial charge in [-0.1, -0.05) is 40.5 Å². The summed E-state index contributed by atoms with van der Waals surface area (Å²) in [5, 5.41) is 0. The third-order valence-electron chi connectivity index (χ3n) is 3.01. The van der Waals surface area contributed by atoms with E-state index < -0.39 is 0 Å². The molecule has 2 atom stereocenters. The predicted molar refractivity (Wildman–Crippen MR) is 57.3 cm³/mol. The van der Waals surface area contributed by atoms with Crippen LogP contribution in [0.3, 0.4) is 0 Å². The van der Waals surface area contributed by atoms with E-state index in [9.17, 15) is 0 Å². The molecule has 1 nitrogen and oxygen atoms in total. The van der Waals surface area contributed by atoms with Gasteiger partial charge in [0.1, 0.15) is 0 Å². The third kappa shape index (κ3) is 1.97. The zero-order chi connectivity index (χ0) is 9.30. The maximum absolute atomic E-state index is 4.51. The number of hydrogen-bond acceptors (Lipinski definition) is 2. The fraction of sp³-hybridized carbons (Fsp3) is 1.00. The highest BCUT2D eigenvalue weighted by Gasteiger charge is 2.35. The second-order valence-corrected chi connectivity index (χ2v) is 5.11. The standard InChI is InChI=1S/C10H21NS/c1-7(2)9-5-6-11(12)10(9)8(3)4/h7-10,12H,5-6H2,1-4H3. The largest absolute Gasteiger partial charge is 0.250 e. The normalized spacial score (nSPS) is 32.2. The first kappa shape index (κ1) is 10.4. The molecule has 2 unspecified atom stereocenters. The fourth-order valence-electron chi connectivity index (χ4n) is 2.39. The second kappa shape index (κ2) is 4.01. The zero-order valence-electron chi connectivity index (χ0n) is 8.62. The first-order chi connectivity index (χ1) is 5.54. The molecule has 0 amide bonds. The summed E-state index contributed by atoms with van der Waals surface area (Å²) in [6.45, 7) is 10.4. The molecule has 1 heterocycles. The van der Waals surface area contributed by atoms with Crippen LogP contribution in [-0.4, -0.2) is 16.9 Å². The van der Waals surface area contributed by atoms with E-state index in [0.717, 1.165) is 24.3 Å². The Bertz CT molecular complexity index is 145. The molecule has 1 rings (SSSR count). The van der Waals surface area contributed by atoms with E-state index in [0.29, 0.717) is 6.04 Å². The van der Waals surface area contributed by atoms with Crippen molar-refractivity contribution in [2.45, 2.75) is 40.2 Å². The Morgan fingerprint density at radius 2 is 1.75 bits per heavy atom. The molecule has 1 fully saturated rings. The van der Waals surface area contributed by atoms with Gasteiger partial charge in [0.25, 0.3) is 0 Å². The van der Waals surface area contributed by atoms with Crippen molar-refractivity contribution in [1.82, 2.24) is 4.31 Å². The van der Waals surface area contributed by atoms with Crippen molar-refractivity contribution < 1.29 is 0 Å². The van der Waals surface area contributed by atoms with Crippen molar-refractivity contribution in [2.24, 2.45) is 17.8 Å². The van der Waals surface area contributed by atoms with Gasteiger partial charge in [-0.2, -0.15) is 0 Å². The molecule has 0 aliphatic carbocycles. The fourth-order valence-corrected chi connectivity index (χ4v) is 2.94. The molecule has 72 valence electrons. The average molecular weight is 187 g/mol. The van der Waals surface area contributed by atoms with E-state index in [1.54, 1.807) is 0 Å². The Labute approximate surface area is 82.1 Å². The molecule has 1 saturated heterocycles. The molecule has 1 aliphatic rings. The molecule has 12 heavy (non-hydrogen) atoms. The van der Waals surface area contributed by atoms with Crippen LogP contribution in [0.25, 0.3) is 0 Å². The minimum Gasteiger partial charge on any atom is -0.250 e. The van der Waals surface area contributed by atoms with Gasteiger partial charge in [0.05, 0.1) is 0 Å². The van der Waals surface area contributed by atoms with E-state index in [-0.39, 0.29) is 0 Å². The highest BCUT2D eigenvalue weighted by molar-refractivity contribution is 7.77. The van der Waals surface area contributed by atoms with Crippen molar-refractivity contribution in [1.29, 1.82) is 0 Å². The minimum atomic E-state index is 0.688. The van der Waals surface area contributed by atoms with Crippen LogP contribution in [0.2, 0.25) is 0 Å². The van der Waals surface area contributed by atoms with E-state index >= 15 is 0 Å². The van der Waals surface area contributed by atoms with Gasteiger partial charge in [0.15, 0.2) is 0 Å². The van der Waals surface area contributed by atoms with E-state index in [4.69, 9.17) is 0 Å². The van der Waals surface area contributed by atoms with Gasteiger partial charge < -0.3 is 0 Å². The molecule has 1 aliphatic heterocycles. The maximum Gasteiger partial charge on any atom is 0.0254 e. The lowest BCUT2D eigenvalue weighted by Gasteiger charge is -2.29. The van der Waals surface area contributed by atoms with Crippen LogP contribution in [0.4, 0.5) is 0 Å². The molecule has 0 aromatic carbocycles. The molecule has 0 N–H and O–H groups in total. The molecule has 0 aromatic rings. The first-order valence-corrected chi connectivity index (χ1v) is 5.39. The molecular formula is C10H21NS. The Morgan fingerprint density at radius 1 is 1.17 bits per heavy atom. The van der Waals surface area contributed by atoms with Gasteiger partial charge in [0.2, 0.25) is 0 Å². The monoisotopic (exact) mass is 187 g/mol. The molecule has 0 spiro atoms. The van der Waals surface area contributed by atoms with Gasteiger partial charge in [0, 0.05) is 12.6 Å². The van der Waals surface area contributed by atoms with Gasteiger partial charge >= 0.3 is 0 Å². The molecule has 0 bridgehead atoms. The van der Waals surface area contributed by atoms with E-state index in [1.807, 2.05) is 0 Å². The van der Waals surface area contributed by atoms with Crippen LogP contribution in [-0.2, 0) is 0 Å². The van der Waals surface area contributed by atoms with Crippen LogP contribution in [0.5, 0.6) is 0 Å². The zero-order valence-corrected chi connectivity index (χ0v) is 9.51. The van der Waals surface area contributed by atoms with Crippen molar-refractivity contribution in [3.63, 3.8) is 0 Å². The van der Waals surface area contributed by atoms with Gasteiger partial charge in [-0.25, -0.2) is 4.31 Å². The number of rotatable bonds is 2. The van der Waals surface area contributed by atoms with Crippen molar-refractivity contribution in [3.05, 3.63) is 0 Å². The third-order valence-corrected chi connectivity index (χ3v) is 3.48. The lowest BCUT2D eigenvalue weighted by Crippen LogP contribution is -2.33. The summed E-state index contributed by atoms with van der Waals surface area (Å²) in [6, 6.07) is 0.688. The highest BCUT2D eigenvalue weighted by atomic mass is 32.1. The van der Waals surface area contributed by atoms with Gasteiger partial charge in [-0.15, -0.1) is 0 Å². The van der Waals surface area contributed by atoms with E-state index in [1.165, 1.54) is 6.42 Å². The minimum absolute atomic E-state index is 0.688. The molecule has 2 heteroatoms. The summed E-state index contributed by atoms with van der Waals surface area (Å²) in [5.74, 6) is 2.38. The predicted octanol–water partition coefficient (Wildman–Crippen LogP) is 2.83. The lowest BCUT2D eigenvalue weighted by molar-refractivity contribution is 0.237. The quantitative estimate of drug-likeness (QED) is 0.651. The summed E-state index contributed by atoms with van der Waals surface area (Å²) in [5.41, 5.74) is 0. The number of nitrogens with zero attached hydrogens (tertiary/aromatic N) is 1. The Hall–Kier alpha value is 0.310.